The van der Waals surface area contributed by atoms with Crippen molar-refractivity contribution in [1.29, 1.82) is 0 Å². The predicted octanol–water partition coefficient (Wildman–Crippen LogP) is 2.56. The number of ether oxygens (including phenoxy) is 1. The zero-order chi connectivity index (χ0) is 21.0. The topological polar surface area (TPSA) is 102 Å². The summed E-state index contributed by atoms with van der Waals surface area (Å²) in [4.78, 5) is 12.7. The normalized spacial score (nSPS) is 16.5. The van der Waals surface area contributed by atoms with Crippen LogP contribution in [0, 0.1) is 24.0 Å². The molecule has 3 rings (SSSR count). The van der Waals surface area contributed by atoms with Crippen LogP contribution >= 0.6 is 0 Å². The Morgan fingerprint density at radius 1 is 1.14 bits per heavy atom. The number of nitro benzene ring substituents is 1. The summed E-state index contributed by atoms with van der Waals surface area (Å²) in [5.74, 6) is 0. The van der Waals surface area contributed by atoms with Gasteiger partial charge in [-0.25, -0.2) is 13.1 Å². The first-order chi connectivity index (χ1) is 13.8. The number of nitro groups is 1. The lowest BCUT2D eigenvalue weighted by Gasteiger charge is -2.31. The van der Waals surface area contributed by atoms with Gasteiger partial charge in [0.1, 0.15) is 0 Å². The average molecular weight is 420 g/mol. The van der Waals surface area contributed by atoms with Gasteiger partial charge in [0.05, 0.1) is 29.1 Å². The van der Waals surface area contributed by atoms with Crippen molar-refractivity contribution < 1.29 is 18.1 Å². The second kappa shape index (κ2) is 9.00. The van der Waals surface area contributed by atoms with E-state index in [1.165, 1.54) is 12.1 Å². The van der Waals surface area contributed by atoms with Crippen molar-refractivity contribution in [2.24, 2.45) is 0 Å². The van der Waals surface area contributed by atoms with Crippen LogP contribution < -0.4 is 4.72 Å². The molecule has 0 bridgehead atoms. The number of benzene rings is 2. The number of hydrogen-bond acceptors (Lipinski definition) is 6. The lowest BCUT2D eigenvalue weighted by Crippen LogP contribution is -2.43. The zero-order valence-corrected chi connectivity index (χ0v) is 17.3. The Hall–Kier alpha value is -2.33. The molecule has 1 aliphatic heterocycles. The minimum absolute atomic E-state index is 0.117. The van der Waals surface area contributed by atoms with E-state index in [1.807, 2.05) is 31.2 Å². The highest BCUT2D eigenvalue weighted by molar-refractivity contribution is 7.89. The third-order valence-electron chi connectivity index (χ3n) is 5.01. The monoisotopic (exact) mass is 419 g/mol. The van der Waals surface area contributed by atoms with Crippen molar-refractivity contribution in [1.82, 2.24) is 9.62 Å². The first kappa shape index (κ1) is 21.4. The van der Waals surface area contributed by atoms with Gasteiger partial charge in [-0.05, 0) is 25.5 Å². The van der Waals surface area contributed by atoms with Crippen molar-refractivity contribution in [2.45, 2.75) is 24.8 Å². The molecule has 0 unspecified atom stereocenters. The Kier molecular flexibility index (Phi) is 6.63. The molecule has 8 nitrogen and oxygen atoms in total. The van der Waals surface area contributed by atoms with Crippen LogP contribution in [0.25, 0.3) is 0 Å². The number of aryl methyl sites for hydroxylation is 2. The van der Waals surface area contributed by atoms with Crippen LogP contribution in [0.5, 0.6) is 0 Å². The van der Waals surface area contributed by atoms with Gasteiger partial charge < -0.3 is 4.74 Å². The second-order valence-corrected chi connectivity index (χ2v) is 8.92. The maximum Gasteiger partial charge on any atom is 0.273 e. The Labute approximate surface area is 170 Å². The first-order valence-electron chi connectivity index (χ1n) is 9.40. The van der Waals surface area contributed by atoms with Crippen LogP contribution in [0.2, 0.25) is 0 Å². The SMILES string of the molecule is Cc1ccc([C@@H](CN2CCOCC2)NS(=O)(=O)c2ccc(C)c([N+](=O)[O-])c2)cc1. The van der Waals surface area contributed by atoms with Crippen LogP contribution in [-0.2, 0) is 14.8 Å². The molecule has 0 aromatic heterocycles. The van der Waals surface area contributed by atoms with E-state index in [-0.39, 0.29) is 10.6 Å². The number of sulfonamides is 1. The summed E-state index contributed by atoms with van der Waals surface area (Å²) < 4.78 is 34.2. The van der Waals surface area contributed by atoms with Crippen molar-refractivity contribution in [3.05, 3.63) is 69.3 Å². The quantitative estimate of drug-likeness (QED) is 0.547. The van der Waals surface area contributed by atoms with E-state index in [0.717, 1.165) is 30.3 Å². The van der Waals surface area contributed by atoms with E-state index in [9.17, 15) is 18.5 Å². The highest BCUT2D eigenvalue weighted by atomic mass is 32.2. The Balaban J connectivity index is 1.90. The number of hydrogen-bond donors (Lipinski definition) is 1. The molecular weight excluding hydrogens is 394 g/mol. The summed E-state index contributed by atoms with van der Waals surface area (Å²) in [5.41, 5.74) is 2.12. The Morgan fingerprint density at radius 3 is 2.41 bits per heavy atom. The molecule has 1 fully saturated rings. The molecular formula is C20H25N3O5S. The maximum absolute atomic E-state index is 13.0. The molecule has 1 saturated heterocycles. The molecule has 1 aliphatic rings. The van der Waals surface area contributed by atoms with Gasteiger partial charge in [-0.1, -0.05) is 35.9 Å². The van der Waals surface area contributed by atoms with E-state index in [1.54, 1.807) is 6.92 Å². The smallest absolute Gasteiger partial charge is 0.273 e. The van der Waals surface area contributed by atoms with Gasteiger partial charge >= 0.3 is 0 Å². The Bertz CT molecular complexity index is 970. The summed E-state index contributed by atoms with van der Waals surface area (Å²) in [6, 6.07) is 11.2. The van der Waals surface area contributed by atoms with Crippen LogP contribution in [0.1, 0.15) is 22.7 Å². The van der Waals surface area contributed by atoms with E-state index >= 15 is 0 Å². The highest BCUT2D eigenvalue weighted by Gasteiger charge is 2.26. The van der Waals surface area contributed by atoms with Gasteiger partial charge in [-0.2, -0.15) is 0 Å². The van der Waals surface area contributed by atoms with Crippen molar-refractivity contribution in [3.8, 4) is 0 Å². The average Bonchev–Trinajstić information content (AvgIpc) is 2.68. The van der Waals surface area contributed by atoms with E-state index in [2.05, 4.69) is 9.62 Å². The Morgan fingerprint density at radius 2 is 1.79 bits per heavy atom. The van der Waals surface area contributed by atoms with Crippen LogP contribution in [0.3, 0.4) is 0 Å². The molecule has 0 saturated carbocycles. The fraction of sp³-hybridized carbons (Fsp3) is 0.400. The summed E-state index contributed by atoms with van der Waals surface area (Å²) in [7, 11) is -3.95. The number of nitrogens with one attached hydrogen (secondary N) is 1. The number of morpholine rings is 1. The highest BCUT2D eigenvalue weighted by Crippen LogP contribution is 2.24. The molecule has 156 valence electrons. The van der Waals surface area contributed by atoms with Gasteiger partial charge in [0, 0.05) is 31.3 Å². The number of nitrogens with zero attached hydrogens (tertiary/aromatic N) is 2. The first-order valence-corrected chi connectivity index (χ1v) is 10.9. The summed E-state index contributed by atoms with van der Waals surface area (Å²) in [6.45, 7) is 6.70. The second-order valence-electron chi connectivity index (χ2n) is 7.20. The molecule has 1 heterocycles. The predicted molar refractivity (Wildman–Crippen MR) is 109 cm³/mol. The molecule has 0 spiro atoms. The zero-order valence-electron chi connectivity index (χ0n) is 16.5. The van der Waals surface area contributed by atoms with Crippen molar-refractivity contribution in [3.63, 3.8) is 0 Å². The number of rotatable bonds is 7. The molecule has 0 aliphatic carbocycles. The van der Waals surface area contributed by atoms with Crippen molar-refractivity contribution in [2.75, 3.05) is 32.8 Å². The summed E-state index contributed by atoms with van der Waals surface area (Å²) in [6.07, 6.45) is 0. The van der Waals surface area contributed by atoms with Gasteiger partial charge in [-0.3, -0.25) is 15.0 Å². The molecule has 1 N–H and O–H groups in total. The van der Waals surface area contributed by atoms with Gasteiger partial charge in [-0.15, -0.1) is 0 Å². The molecule has 29 heavy (non-hydrogen) atoms. The third-order valence-corrected chi connectivity index (χ3v) is 6.48. The maximum atomic E-state index is 13.0. The van der Waals surface area contributed by atoms with E-state index in [4.69, 9.17) is 4.74 Å². The minimum Gasteiger partial charge on any atom is -0.379 e. The summed E-state index contributed by atoms with van der Waals surface area (Å²) in [5, 5.41) is 11.2. The third kappa shape index (κ3) is 5.39. The summed E-state index contributed by atoms with van der Waals surface area (Å²) >= 11 is 0. The van der Waals surface area contributed by atoms with E-state index in [0.29, 0.717) is 25.3 Å². The molecule has 2 aromatic carbocycles. The van der Waals surface area contributed by atoms with Gasteiger partial charge in [0.15, 0.2) is 0 Å². The molecule has 0 amide bonds. The largest absolute Gasteiger partial charge is 0.379 e. The standard InChI is InChI=1S/C20H25N3O5S/c1-15-3-6-17(7-4-15)19(14-22-9-11-28-12-10-22)21-29(26,27)18-8-5-16(2)20(13-18)23(24)25/h3-8,13,19,21H,9-12,14H2,1-2H3/t19-/m1/s1. The molecule has 2 aromatic rings. The van der Waals surface area contributed by atoms with Gasteiger partial charge in [0.25, 0.3) is 5.69 Å². The lowest BCUT2D eigenvalue weighted by atomic mass is 10.1. The minimum atomic E-state index is -3.95. The molecule has 9 heteroatoms. The molecule has 0 radical (unpaired) electrons. The fourth-order valence-electron chi connectivity index (χ4n) is 3.26. The van der Waals surface area contributed by atoms with Gasteiger partial charge in [0.2, 0.25) is 10.0 Å². The van der Waals surface area contributed by atoms with E-state index < -0.39 is 21.0 Å². The van der Waals surface area contributed by atoms with Crippen LogP contribution in [0.15, 0.2) is 47.4 Å². The lowest BCUT2D eigenvalue weighted by molar-refractivity contribution is -0.385. The molecule has 1 atom stereocenters. The van der Waals surface area contributed by atoms with Crippen molar-refractivity contribution >= 4 is 15.7 Å². The van der Waals surface area contributed by atoms with Crippen LogP contribution in [0.4, 0.5) is 5.69 Å². The van der Waals surface area contributed by atoms with Crippen LogP contribution in [-0.4, -0.2) is 51.1 Å². The fourth-order valence-corrected chi connectivity index (χ4v) is 4.50.